The molecule has 14 heavy (non-hydrogen) atoms. The fourth-order valence-corrected chi connectivity index (χ4v) is 1.53. The van der Waals surface area contributed by atoms with Gasteiger partial charge in [0.2, 0.25) is 0 Å². The van der Waals surface area contributed by atoms with Gasteiger partial charge in [0.05, 0.1) is 18.1 Å². The molecule has 5 heteroatoms. The molecule has 0 aromatic carbocycles. The molecule has 4 nitrogen and oxygen atoms in total. The van der Waals surface area contributed by atoms with Crippen LogP contribution in [0.4, 0.5) is 0 Å². The number of imidazole rings is 1. The van der Waals surface area contributed by atoms with Gasteiger partial charge in [-0.05, 0) is 13.8 Å². The van der Waals surface area contributed by atoms with Crippen molar-refractivity contribution in [3.63, 3.8) is 0 Å². The van der Waals surface area contributed by atoms with Crippen LogP contribution in [0.1, 0.15) is 19.5 Å². The number of aromatic nitrogens is 3. The Hall–Kier alpha value is -1.13. The van der Waals surface area contributed by atoms with Crippen molar-refractivity contribution in [3.05, 3.63) is 29.4 Å². The molecule has 0 aliphatic carbocycles. The van der Waals surface area contributed by atoms with E-state index in [0.29, 0.717) is 16.4 Å². The second kappa shape index (κ2) is 2.93. The molecule has 2 rings (SSSR count). The molecule has 2 aromatic heterocycles. The van der Waals surface area contributed by atoms with Crippen molar-refractivity contribution in [1.82, 2.24) is 14.4 Å². The molecule has 0 bridgehead atoms. The van der Waals surface area contributed by atoms with Gasteiger partial charge in [-0.3, -0.25) is 4.40 Å². The second-order valence-corrected chi connectivity index (χ2v) is 4.04. The Morgan fingerprint density at radius 1 is 1.43 bits per heavy atom. The van der Waals surface area contributed by atoms with Crippen LogP contribution in [0.2, 0.25) is 5.02 Å². The van der Waals surface area contributed by atoms with E-state index in [-0.39, 0.29) is 0 Å². The number of rotatable bonds is 1. The first-order chi connectivity index (χ1) is 6.50. The number of aliphatic hydroxyl groups is 1. The maximum absolute atomic E-state index is 9.84. The Bertz CT molecular complexity index is 472. The van der Waals surface area contributed by atoms with E-state index in [4.69, 9.17) is 11.6 Å². The van der Waals surface area contributed by atoms with E-state index in [9.17, 15) is 5.11 Å². The summed E-state index contributed by atoms with van der Waals surface area (Å²) in [6, 6.07) is 0. The minimum Gasteiger partial charge on any atom is -0.384 e. The summed E-state index contributed by atoms with van der Waals surface area (Å²) >= 11 is 5.89. The van der Waals surface area contributed by atoms with Crippen molar-refractivity contribution in [2.75, 3.05) is 0 Å². The Balaban J connectivity index is 2.76. The zero-order valence-electron chi connectivity index (χ0n) is 7.90. The number of hydrogen-bond donors (Lipinski definition) is 1. The molecule has 0 aliphatic rings. The van der Waals surface area contributed by atoms with Crippen LogP contribution in [0, 0.1) is 0 Å². The molecule has 0 saturated heterocycles. The molecular formula is C9H10ClN3O. The molecule has 2 heterocycles. The van der Waals surface area contributed by atoms with E-state index in [2.05, 4.69) is 9.97 Å². The third-order valence-corrected chi connectivity index (χ3v) is 2.27. The molecule has 0 saturated carbocycles. The van der Waals surface area contributed by atoms with Gasteiger partial charge in [0.1, 0.15) is 17.0 Å². The van der Waals surface area contributed by atoms with Crippen LogP contribution in [-0.4, -0.2) is 19.5 Å². The molecule has 0 unspecified atom stereocenters. The lowest BCUT2D eigenvalue weighted by Crippen LogP contribution is -2.18. The molecule has 2 aromatic rings. The monoisotopic (exact) mass is 211 g/mol. The predicted octanol–water partition coefficient (Wildman–Crippen LogP) is 1.61. The predicted molar refractivity (Wildman–Crippen MR) is 53.2 cm³/mol. The van der Waals surface area contributed by atoms with Crippen molar-refractivity contribution >= 4 is 17.2 Å². The first-order valence-corrected chi connectivity index (χ1v) is 4.57. The van der Waals surface area contributed by atoms with Gasteiger partial charge < -0.3 is 5.11 Å². The van der Waals surface area contributed by atoms with Crippen molar-refractivity contribution in [3.8, 4) is 0 Å². The summed E-state index contributed by atoms with van der Waals surface area (Å²) in [6.07, 6.45) is 4.71. The maximum atomic E-state index is 9.84. The van der Waals surface area contributed by atoms with Crippen LogP contribution in [0.3, 0.4) is 0 Å². The third kappa shape index (κ3) is 1.36. The number of hydrogen-bond acceptors (Lipinski definition) is 3. The molecule has 1 N–H and O–H groups in total. The van der Waals surface area contributed by atoms with Crippen LogP contribution >= 0.6 is 11.6 Å². The minimum absolute atomic E-state index is 0.475. The van der Waals surface area contributed by atoms with Crippen LogP contribution in [0.25, 0.3) is 5.65 Å². The van der Waals surface area contributed by atoms with Gasteiger partial charge in [-0.15, -0.1) is 0 Å². The smallest absolute Gasteiger partial charge is 0.158 e. The number of halogens is 1. The first-order valence-electron chi connectivity index (χ1n) is 4.19. The molecule has 0 fully saturated rings. The lowest BCUT2D eigenvalue weighted by atomic mass is 10.1. The van der Waals surface area contributed by atoms with E-state index in [1.54, 1.807) is 30.8 Å². The molecule has 0 radical (unpaired) electrons. The van der Waals surface area contributed by atoms with Gasteiger partial charge >= 0.3 is 0 Å². The molecular weight excluding hydrogens is 202 g/mol. The first kappa shape index (κ1) is 9.43. The zero-order valence-corrected chi connectivity index (χ0v) is 8.65. The lowest BCUT2D eigenvalue weighted by Gasteiger charge is -2.16. The van der Waals surface area contributed by atoms with E-state index in [1.807, 2.05) is 0 Å². The highest BCUT2D eigenvalue weighted by molar-refractivity contribution is 6.33. The molecule has 0 amide bonds. The highest BCUT2D eigenvalue weighted by Gasteiger charge is 2.21. The number of nitrogens with zero attached hydrogens (tertiary/aromatic N) is 3. The average Bonchev–Trinajstić information content (AvgIpc) is 2.47. The average molecular weight is 212 g/mol. The van der Waals surface area contributed by atoms with Gasteiger partial charge in [0.15, 0.2) is 5.65 Å². The topological polar surface area (TPSA) is 50.4 Å². The van der Waals surface area contributed by atoms with Crippen LogP contribution in [0.15, 0.2) is 18.7 Å². The largest absolute Gasteiger partial charge is 0.384 e. The summed E-state index contributed by atoms with van der Waals surface area (Å²) in [5, 5.41) is 10.3. The van der Waals surface area contributed by atoms with Crippen molar-refractivity contribution < 1.29 is 5.11 Å². The Kier molecular flexibility index (Phi) is 1.97. The SMILES string of the molecule is CC(C)(O)c1cnc2c(Cl)cncn12. The molecule has 0 atom stereocenters. The van der Waals surface area contributed by atoms with Crippen LogP contribution in [-0.2, 0) is 5.60 Å². The van der Waals surface area contributed by atoms with E-state index >= 15 is 0 Å². The maximum Gasteiger partial charge on any atom is 0.158 e. The fraction of sp³-hybridized carbons (Fsp3) is 0.333. The van der Waals surface area contributed by atoms with Crippen molar-refractivity contribution in [2.45, 2.75) is 19.4 Å². The highest BCUT2D eigenvalue weighted by atomic mass is 35.5. The van der Waals surface area contributed by atoms with Gasteiger partial charge in [-0.1, -0.05) is 11.6 Å². The Morgan fingerprint density at radius 2 is 2.14 bits per heavy atom. The summed E-state index contributed by atoms with van der Waals surface area (Å²) in [6.45, 7) is 3.38. The van der Waals surface area contributed by atoms with Crippen molar-refractivity contribution in [2.24, 2.45) is 0 Å². The normalized spacial score (nSPS) is 12.3. The van der Waals surface area contributed by atoms with Gasteiger partial charge in [-0.2, -0.15) is 0 Å². The Labute approximate surface area is 86.2 Å². The van der Waals surface area contributed by atoms with Crippen LogP contribution in [0.5, 0.6) is 0 Å². The highest BCUT2D eigenvalue weighted by Crippen LogP contribution is 2.23. The van der Waals surface area contributed by atoms with E-state index < -0.39 is 5.60 Å². The quantitative estimate of drug-likeness (QED) is 0.780. The van der Waals surface area contributed by atoms with Gasteiger partial charge in [-0.25, -0.2) is 9.97 Å². The van der Waals surface area contributed by atoms with E-state index in [0.717, 1.165) is 0 Å². The minimum atomic E-state index is -0.953. The summed E-state index contributed by atoms with van der Waals surface area (Å²) in [4.78, 5) is 8.05. The fourth-order valence-electron chi connectivity index (χ4n) is 1.33. The second-order valence-electron chi connectivity index (χ2n) is 3.64. The van der Waals surface area contributed by atoms with E-state index in [1.165, 1.54) is 6.20 Å². The van der Waals surface area contributed by atoms with Crippen molar-refractivity contribution in [1.29, 1.82) is 0 Å². The molecule has 0 spiro atoms. The summed E-state index contributed by atoms with van der Waals surface area (Å²) in [5.41, 5.74) is 0.326. The molecule has 0 aliphatic heterocycles. The Morgan fingerprint density at radius 3 is 2.79 bits per heavy atom. The summed E-state index contributed by atoms with van der Waals surface area (Å²) in [7, 11) is 0. The third-order valence-electron chi connectivity index (χ3n) is 2.01. The lowest BCUT2D eigenvalue weighted by molar-refractivity contribution is 0.0729. The van der Waals surface area contributed by atoms with Gasteiger partial charge in [0.25, 0.3) is 0 Å². The summed E-state index contributed by atoms with van der Waals surface area (Å²) in [5.74, 6) is 0. The van der Waals surface area contributed by atoms with Gasteiger partial charge in [0, 0.05) is 0 Å². The summed E-state index contributed by atoms with van der Waals surface area (Å²) < 4.78 is 1.68. The van der Waals surface area contributed by atoms with Crippen LogP contribution < -0.4 is 0 Å². The molecule has 74 valence electrons. The standard InChI is InChI=1S/C9H10ClN3O/c1-9(2,14)7-4-12-8-6(10)3-11-5-13(7)8/h3-5,14H,1-2H3. The number of fused-ring (bicyclic) bond motifs is 1. The zero-order chi connectivity index (χ0) is 10.3.